The van der Waals surface area contributed by atoms with Crippen LogP contribution in [0.15, 0.2) is 18.2 Å². The van der Waals surface area contributed by atoms with E-state index in [4.69, 9.17) is 5.73 Å². The average Bonchev–Trinajstić information content (AvgIpc) is 2.12. The highest BCUT2D eigenvalue weighted by Gasteiger charge is 1.95. The summed E-state index contributed by atoms with van der Waals surface area (Å²) in [6.07, 6.45) is 0.797. The van der Waals surface area contributed by atoms with Crippen LogP contribution in [0.3, 0.4) is 0 Å². The lowest BCUT2D eigenvalue weighted by molar-refractivity contribution is 0.478. The van der Waals surface area contributed by atoms with E-state index < -0.39 is 0 Å². The molecule has 0 saturated carbocycles. The first-order valence-electron chi connectivity index (χ1n) is 3.87. The molecule has 3 N–H and O–H groups in total. The van der Waals surface area contributed by atoms with Crippen molar-refractivity contribution >= 4 is 21.6 Å². The van der Waals surface area contributed by atoms with Crippen molar-refractivity contribution in [2.75, 3.05) is 11.1 Å². The largest absolute Gasteiger partial charge is 0.506 e. The number of benzene rings is 1. The molecule has 13 heavy (non-hydrogen) atoms. The van der Waals surface area contributed by atoms with Gasteiger partial charge in [-0.15, -0.1) is 0 Å². The maximum absolute atomic E-state index is 9.25. The van der Waals surface area contributed by atoms with Gasteiger partial charge < -0.3 is 10.8 Å². The average molecular weight is 240 g/mol. The van der Waals surface area contributed by atoms with E-state index in [9.17, 15) is 5.11 Å². The number of alkyl halides is 1. The summed E-state index contributed by atoms with van der Waals surface area (Å²) in [6, 6.07) is 5.00. The van der Waals surface area contributed by atoms with E-state index in [0.29, 0.717) is 5.69 Å². The zero-order chi connectivity index (χ0) is 9.68. The first-order chi connectivity index (χ1) is 6.24. The van der Waals surface area contributed by atoms with Crippen molar-refractivity contribution < 1.29 is 5.11 Å². The smallest absolute Gasteiger partial charge is 0.139 e. The minimum absolute atomic E-state index is 0.0886. The van der Waals surface area contributed by atoms with Gasteiger partial charge in [-0.2, -0.15) is 0 Å². The van der Waals surface area contributed by atoms with Crippen molar-refractivity contribution in [2.45, 2.75) is 6.42 Å². The van der Waals surface area contributed by atoms with Gasteiger partial charge in [0.15, 0.2) is 0 Å². The molecule has 0 unspecified atom stereocenters. The Bertz CT molecular complexity index is 352. The summed E-state index contributed by atoms with van der Waals surface area (Å²) in [7, 11) is 0. The number of rotatable bonds is 1. The van der Waals surface area contributed by atoms with Crippen molar-refractivity contribution in [3.8, 4) is 17.6 Å². The molecule has 0 amide bonds. The van der Waals surface area contributed by atoms with E-state index in [1.165, 1.54) is 0 Å². The Morgan fingerprint density at radius 1 is 1.46 bits per heavy atom. The molecule has 0 bridgehead atoms. The van der Waals surface area contributed by atoms with Gasteiger partial charge in [-0.05, 0) is 18.2 Å². The molecule has 0 spiro atoms. The highest BCUT2D eigenvalue weighted by molar-refractivity contribution is 9.09. The van der Waals surface area contributed by atoms with Crippen LogP contribution in [0.25, 0.3) is 0 Å². The second-order valence-corrected chi connectivity index (χ2v) is 3.31. The summed E-state index contributed by atoms with van der Waals surface area (Å²) in [5.74, 6) is 5.96. The lowest BCUT2D eigenvalue weighted by Gasteiger charge is -1.97. The van der Waals surface area contributed by atoms with Crippen molar-refractivity contribution in [3.05, 3.63) is 23.8 Å². The third-order valence-electron chi connectivity index (χ3n) is 1.48. The summed E-state index contributed by atoms with van der Waals surface area (Å²) in [5.41, 5.74) is 6.60. The number of aromatic hydroxyl groups is 1. The van der Waals surface area contributed by atoms with Gasteiger partial charge in [-0.3, -0.25) is 0 Å². The third kappa shape index (κ3) is 3.00. The van der Waals surface area contributed by atoms with Gasteiger partial charge in [0, 0.05) is 17.3 Å². The van der Waals surface area contributed by atoms with Gasteiger partial charge in [0.1, 0.15) is 5.75 Å². The maximum Gasteiger partial charge on any atom is 0.139 e. The predicted octanol–water partition coefficient (Wildman–Crippen LogP) is 2.11. The Balaban J connectivity index is 2.81. The van der Waals surface area contributed by atoms with E-state index in [2.05, 4.69) is 27.8 Å². The van der Waals surface area contributed by atoms with Crippen LogP contribution in [0.1, 0.15) is 12.0 Å². The first-order valence-corrected chi connectivity index (χ1v) is 4.99. The number of anilines is 1. The second kappa shape index (κ2) is 4.78. The molecule has 0 fully saturated rings. The van der Waals surface area contributed by atoms with Crippen molar-refractivity contribution in [3.63, 3.8) is 0 Å². The highest BCUT2D eigenvalue weighted by Crippen LogP contribution is 2.19. The molecule has 0 aliphatic carbocycles. The quantitative estimate of drug-likeness (QED) is 0.342. The molecule has 0 saturated heterocycles. The summed E-state index contributed by atoms with van der Waals surface area (Å²) < 4.78 is 0. The summed E-state index contributed by atoms with van der Waals surface area (Å²) in [5, 5.41) is 10.1. The van der Waals surface area contributed by atoms with Crippen LogP contribution < -0.4 is 5.73 Å². The zero-order valence-electron chi connectivity index (χ0n) is 7.05. The second-order valence-electron chi connectivity index (χ2n) is 2.51. The first kappa shape index (κ1) is 9.94. The molecule has 1 aromatic carbocycles. The monoisotopic (exact) mass is 239 g/mol. The van der Waals surface area contributed by atoms with Crippen molar-refractivity contribution in [1.29, 1.82) is 0 Å². The van der Waals surface area contributed by atoms with E-state index in [-0.39, 0.29) is 5.75 Å². The Morgan fingerprint density at radius 3 is 2.85 bits per heavy atom. The summed E-state index contributed by atoms with van der Waals surface area (Å²) in [6.45, 7) is 0. The molecule has 0 atom stereocenters. The zero-order valence-corrected chi connectivity index (χ0v) is 8.63. The molecule has 0 radical (unpaired) electrons. The van der Waals surface area contributed by atoms with Crippen LogP contribution in [-0.4, -0.2) is 10.4 Å². The number of hydrogen-bond donors (Lipinski definition) is 2. The van der Waals surface area contributed by atoms with Crippen molar-refractivity contribution in [2.24, 2.45) is 0 Å². The van der Waals surface area contributed by atoms with E-state index in [0.717, 1.165) is 17.3 Å². The fourth-order valence-electron chi connectivity index (χ4n) is 0.833. The lowest BCUT2D eigenvalue weighted by Crippen LogP contribution is -1.85. The molecule has 1 rings (SSSR count). The minimum atomic E-state index is 0.0886. The highest BCUT2D eigenvalue weighted by atomic mass is 79.9. The molecule has 0 aliphatic rings. The molecule has 68 valence electrons. The standard InChI is InChI=1S/C10H10BrNO/c11-6-2-1-3-8-4-5-9(12)10(13)7-8/h4-5,7,13H,2,6,12H2. The van der Waals surface area contributed by atoms with Crippen LogP contribution in [-0.2, 0) is 0 Å². The third-order valence-corrected chi connectivity index (χ3v) is 1.88. The van der Waals surface area contributed by atoms with Crippen LogP contribution in [0.5, 0.6) is 5.75 Å². The van der Waals surface area contributed by atoms with Crippen LogP contribution in [0.2, 0.25) is 0 Å². The molecule has 0 aromatic heterocycles. The fourth-order valence-corrected chi connectivity index (χ4v) is 1.03. The van der Waals surface area contributed by atoms with E-state index in [1.807, 2.05) is 0 Å². The molecular formula is C10H10BrNO. The van der Waals surface area contributed by atoms with Crippen LogP contribution >= 0.6 is 15.9 Å². The van der Waals surface area contributed by atoms with Gasteiger partial charge in [0.25, 0.3) is 0 Å². The van der Waals surface area contributed by atoms with Gasteiger partial charge in [0.05, 0.1) is 5.69 Å². The summed E-state index contributed by atoms with van der Waals surface area (Å²) in [4.78, 5) is 0. The topological polar surface area (TPSA) is 46.2 Å². The normalized spacial score (nSPS) is 9.00. The fraction of sp³-hybridized carbons (Fsp3) is 0.200. The van der Waals surface area contributed by atoms with Gasteiger partial charge >= 0.3 is 0 Å². The Labute approximate surface area is 85.9 Å². The van der Waals surface area contributed by atoms with E-state index >= 15 is 0 Å². The molecule has 2 nitrogen and oxygen atoms in total. The molecule has 0 heterocycles. The number of phenols is 1. The Morgan fingerprint density at radius 2 is 2.23 bits per heavy atom. The van der Waals surface area contributed by atoms with Gasteiger partial charge in [0.2, 0.25) is 0 Å². The molecule has 1 aromatic rings. The van der Waals surface area contributed by atoms with Crippen LogP contribution in [0.4, 0.5) is 5.69 Å². The van der Waals surface area contributed by atoms with E-state index in [1.54, 1.807) is 18.2 Å². The minimum Gasteiger partial charge on any atom is -0.506 e. The number of nitrogen functional groups attached to an aromatic ring is 1. The SMILES string of the molecule is Nc1ccc(C#CCCBr)cc1O. The molecule has 0 aliphatic heterocycles. The lowest BCUT2D eigenvalue weighted by atomic mass is 10.2. The molecular weight excluding hydrogens is 230 g/mol. The number of nitrogens with two attached hydrogens (primary N) is 1. The van der Waals surface area contributed by atoms with Crippen molar-refractivity contribution in [1.82, 2.24) is 0 Å². The number of halogens is 1. The molecule has 3 heteroatoms. The number of phenolic OH excluding ortho intramolecular Hbond substituents is 1. The van der Waals surface area contributed by atoms with Gasteiger partial charge in [-0.1, -0.05) is 27.8 Å². The maximum atomic E-state index is 9.25. The Kier molecular flexibility index (Phi) is 3.66. The number of hydrogen-bond acceptors (Lipinski definition) is 2. The van der Waals surface area contributed by atoms with Gasteiger partial charge in [-0.25, -0.2) is 0 Å². The summed E-state index contributed by atoms with van der Waals surface area (Å²) >= 11 is 3.28. The predicted molar refractivity (Wildman–Crippen MR) is 57.8 cm³/mol. The Hall–Kier alpha value is -1.14. The van der Waals surface area contributed by atoms with Crippen LogP contribution in [0, 0.1) is 11.8 Å².